The van der Waals surface area contributed by atoms with Gasteiger partial charge in [-0.25, -0.2) is 8.42 Å². The van der Waals surface area contributed by atoms with E-state index >= 15 is 0 Å². The minimum atomic E-state index is -3.76. The first-order chi connectivity index (χ1) is 19.7. The molecule has 4 aromatic carbocycles. The molecule has 0 unspecified atom stereocenters. The van der Waals surface area contributed by atoms with E-state index in [2.05, 4.69) is 5.32 Å². The Morgan fingerprint density at radius 2 is 1.24 bits per heavy atom. The summed E-state index contributed by atoms with van der Waals surface area (Å²) in [5.74, 6) is -0.888. The van der Waals surface area contributed by atoms with Crippen LogP contribution in [-0.4, -0.2) is 42.2 Å². The summed E-state index contributed by atoms with van der Waals surface area (Å²) >= 11 is 6.10. The average molecular weight is 590 g/mol. The molecule has 0 aliphatic heterocycles. The van der Waals surface area contributed by atoms with Gasteiger partial charge in [0, 0.05) is 24.7 Å². The van der Waals surface area contributed by atoms with Crippen molar-refractivity contribution in [2.24, 2.45) is 0 Å². The molecule has 4 aromatic rings. The smallest absolute Gasteiger partial charge is 0.247 e. The van der Waals surface area contributed by atoms with Crippen LogP contribution in [0.1, 0.15) is 28.3 Å². The molecular weight excluding hydrogens is 558 g/mol. The van der Waals surface area contributed by atoms with Gasteiger partial charge in [0.25, 0.3) is 0 Å². The van der Waals surface area contributed by atoms with Crippen LogP contribution in [0.5, 0.6) is 0 Å². The Hall–Kier alpha value is -3.98. The Morgan fingerprint density at radius 3 is 1.80 bits per heavy atom. The molecule has 0 saturated heterocycles. The number of sulfonamides is 1. The van der Waals surface area contributed by atoms with Gasteiger partial charge in [-0.3, -0.25) is 9.59 Å². The largest absolute Gasteiger partial charge is 0.350 e. The lowest BCUT2D eigenvalue weighted by atomic mass is 10.0. The van der Waals surface area contributed by atoms with Crippen LogP contribution in [0, 0.1) is 0 Å². The van der Waals surface area contributed by atoms with Gasteiger partial charge in [0.1, 0.15) is 6.04 Å². The van der Waals surface area contributed by atoms with E-state index in [4.69, 9.17) is 11.6 Å². The second kappa shape index (κ2) is 14.1. The molecule has 0 bridgehead atoms. The van der Waals surface area contributed by atoms with Crippen molar-refractivity contribution in [2.75, 3.05) is 12.8 Å². The van der Waals surface area contributed by atoms with Crippen molar-refractivity contribution in [3.8, 4) is 0 Å². The summed E-state index contributed by atoms with van der Waals surface area (Å²) < 4.78 is 26.7. The van der Waals surface area contributed by atoms with Crippen molar-refractivity contribution < 1.29 is 18.0 Å². The molecule has 0 aliphatic carbocycles. The highest BCUT2D eigenvalue weighted by Crippen LogP contribution is 2.25. The first kappa shape index (κ1) is 30.0. The molecule has 41 heavy (non-hydrogen) atoms. The molecule has 0 saturated carbocycles. The van der Waals surface area contributed by atoms with Crippen molar-refractivity contribution >= 4 is 33.4 Å². The maximum atomic E-state index is 14.1. The fourth-order valence-electron chi connectivity index (χ4n) is 4.42. The second-order valence-corrected chi connectivity index (χ2v) is 12.1. The third-order valence-electron chi connectivity index (χ3n) is 6.55. The minimum absolute atomic E-state index is 0.0242. The molecule has 4 rings (SSSR count). The molecule has 1 atom stereocenters. The van der Waals surface area contributed by atoms with Gasteiger partial charge >= 0.3 is 0 Å². The maximum Gasteiger partial charge on any atom is 0.247 e. The molecular formula is C32H32ClN3O4S. The summed E-state index contributed by atoms with van der Waals surface area (Å²) in [5, 5.41) is 3.51. The maximum absolute atomic E-state index is 14.1. The van der Waals surface area contributed by atoms with Crippen LogP contribution in [0.3, 0.4) is 0 Å². The zero-order valence-corrected chi connectivity index (χ0v) is 24.3. The van der Waals surface area contributed by atoms with E-state index in [1.165, 1.54) is 4.90 Å². The number of nitrogens with zero attached hydrogens (tertiary/aromatic N) is 2. The summed E-state index contributed by atoms with van der Waals surface area (Å²) in [6, 6.07) is 33.5. The van der Waals surface area contributed by atoms with Crippen LogP contribution in [0.2, 0.25) is 5.02 Å². The van der Waals surface area contributed by atoms with E-state index in [-0.39, 0.29) is 25.5 Å². The van der Waals surface area contributed by atoms with Crippen molar-refractivity contribution in [1.82, 2.24) is 14.5 Å². The minimum Gasteiger partial charge on any atom is -0.350 e. The molecule has 0 radical (unpaired) electrons. The number of benzene rings is 4. The third-order valence-corrected chi connectivity index (χ3v) is 8.00. The molecule has 9 heteroatoms. The number of hydrogen-bond acceptors (Lipinski definition) is 4. The quantitative estimate of drug-likeness (QED) is 0.246. The molecule has 1 N–H and O–H groups in total. The number of rotatable bonds is 12. The summed E-state index contributed by atoms with van der Waals surface area (Å²) in [7, 11) is -3.76. The van der Waals surface area contributed by atoms with E-state index in [9.17, 15) is 18.0 Å². The van der Waals surface area contributed by atoms with Crippen molar-refractivity contribution in [2.45, 2.75) is 25.7 Å². The fraction of sp³-hybridized carbons (Fsp3) is 0.188. The molecule has 212 valence electrons. The Bertz CT molecular complexity index is 1530. The zero-order valence-electron chi connectivity index (χ0n) is 22.7. The predicted octanol–water partition coefficient (Wildman–Crippen LogP) is 5.19. The van der Waals surface area contributed by atoms with Crippen molar-refractivity contribution in [3.05, 3.63) is 143 Å². The summed E-state index contributed by atoms with van der Waals surface area (Å²) in [4.78, 5) is 29.3. The topological polar surface area (TPSA) is 86.8 Å². The normalized spacial score (nSPS) is 12.1. The van der Waals surface area contributed by atoms with E-state index in [1.807, 2.05) is 54.6 Å². The van der Waals surface area contributed by atoms with Gasteiger partial charge in [0.15, 0.2) is 0 Å². The highest BCUT2D eigenvalue weighted by molar-refractivity contribution is 7.88. The number of halogens is 1. The Balaban J connectivity index is 1.69. The Labute approximate surface area is 246 Å². The number of carbonyl (C=O) groups excluding carboxylic acids is 2. The molecule has 0 fully saturated rings. The number of carbonyl (C=O) groups is 2. The molecule has 0 aromatic heterocycles. The molecule has 0 aliphatic rings. The van der Waals surface area contributed by atoms with E-state index in [0.717, 1.165) is 27.3 Å². The van der Waals surface area contributed by atoms with Gasteiger partial charge in [-0.05, 0) is 34.4 Å². The predicted molar refractivity (Wildman–Crippen MR) is 161 cm³/mol. The first-order valence-corrected chi connectivity index (χ1v) is 15.3. The SMILES string of the molecule is CS(=O)(=O)N(CC(=O)N(Cc1ccc(Cl)cc1)[C@@H](C(=O)NCc1ccccc1)c1ccccc1)Cc1ccccc1. The zero-order chi connectivity index (χ0) is 29.2. The monoisotopic (exact) mass is 589 g/mol. The van der Waals surface area contributed by atoms with Gasteiger partial charge in [0.2, 0.25) is 21.8 Å². The van der Waals surface area contributed by atoms with Crippen LogP contribution in [0.4, 0.5) is 0 Å². The fourth-order valence-corrected chi connectivity index (χ4v) is 5.27. The lowest BCUT2D eigenvalue weighted by molar-refractivity contribution is -0.141. The Morgan fingerprint density at radius 1 is 0.732 bits per heavy atom. The van der Waals surface area contributed by atoms with Gasteiger partial charge in [-0.2, -0.15) is 4.31 Å². The van der Waals surface area contributed by atoms with Crippen LogP contribution in [0.25, 0.3) is 0 Å². The van der Waals surface area contributed by atoms with Crippen LogP contribution < -0.4 is 5.32 Å². The van der Waals surface area contributed by atoms with Gasteiger partial charge in [-0.15, -0.1) is 0 Å². The van der Waals surface area contributed by atoms with E-state index in [1.54, 1.807) is 60.7 Å². The molecule has 7 nitrogen and oxygen atoms in total. The van der Waals surface area contributed by atoms with Crippen LogP contribution >= 0.6 is 11.6 Å². The standard InChI is InChI=1S/C32H32ClN3O4S/c1-41(39,40)35(22-26-13-7-3-8-14-26)24-30(37)36(23-27-17-19-29(33)20-18-27)31(28-15-9-4-10-16-28)32(38)34-21-25-11-5-2-6-12-25/h2-20,31H,21-24H2,1H3,(H,34,38)/t31-/m1/s1. The molecule has 0 spiro atoms. The molecule has 2 amide bonds. The van der Waals surface area contributed by atoms with Crippen LogP contribution in [-0.2, 0) is 39.2 Å². The summed E-state index contributed by atoms with van der Waals surface area (Å²) in [6.07, 6.45) is 1.08. The van der Waals surface area contributed by atoms with Crippen LogP contribution in [0.15, 0.2) is 115 Å². The molecule has 0 heterocycles. The number of nitrogens with one attached hydrogen (secondary N) is 1. The summed E-state index contributed by atoms with van der Waals surface area (Å²) in [5.41, 5.74) is 3.01. The highest BCUT2D eigenvalue weighted by atomic mass is 35.5. The average Bonchev–Trinajstić information content (AvgIpc) is 2.97. The van der Waals surface area contributed by atoms with E-state index in [0.29, 0.717) is 10.6 Å². The number of amides is 2. The second-order valence-electron chi connectivity index (χ2n) is 9.68. The van der Waals surface area contributed by atoms with Crippen molar-refractivity contribution in [1.29, 1.82) is 0 Å². The summed E-state index contributed by atoms with van der Waals surface area (Å²) in [6.45, 7) is -0.0697. The number of hydrogen-bond donors (Lipinski definition) is 1. The Kier molecular flexibility index (Phi) is 10.3. The van der Waals surface area contributed by atoms with Gasteiger partial charge in [-0.1, -0.05) is 115 Å². The first-order valence-electron chi connectivity index (χ1n) is 13.1. The van der Waals surface area contributed by atoms with E-state index < -0.39 is 28.5 Å². The lowest BCUT2D eigenvalue weighted by Crippen LogP contribution is -2.47. The van der Waals surface area contributed by atoms with Gasteiger partial charge in [0.05, 0.1) is 12.8 Å². The highest BCUT2D eigenvalue weighted by Gasteiger charge is 2.33. The third kappa shape index (κ3) is 8.75. The lowest BCUT2D eigenvalue weighted by Gasteiger charge is -2.33. The van der Waals surface area contributed by atoms with Crippen molar-refractivity contribution in [3.63, 3.8) is 0 Å². The van der Waals surface area contributed by atoms with Gasteiger partial charge < -0.3 is 10.2 Å².